The topological polar surface area (TPSA) is 415 Å². The SMILES string of the molecule is CC(=O)Nc1ccc(-c2ccnc(Nc3ccc(N4CCN(C(=O)C5CCCC5)CC4)cc3)n2)cc1.CC(=O)Nc1ccc(-c2ccnc(Nc3ccc(N4CCN(C(=O)[C@@H](C)N)CC4)cc3)n2)cc1.CC(=O)Nc1ccc(-c2ccnc(Nc3ccc(N4CCN(C(=O)[C@H](C)N)CC4)cc3)n2)cc1.Cn1ccnc1CN1CCN(c2ccc(Nc3nccc(-c4ccc(NC(=O)C5CC5)cc4)n3)cc2)CC1. The molecule has 2 atom stereocenters. The smallest absolute Gasteiger partial charge is 0.239 e. The molecule has 6 fully saturated rings. The second-order valence-corrected chi connectivity index (χ2v) is 36.1. The minimum absolute atomic E-state index is 0.00472. The molecular weight excluding hydrogens is 1790 g/mol. The normalized spacial score (nSPS) is 15.3. The lowest BCUT2D eigenvalue weighted by Crippen LogP contribution is -2.52. The van der Waals surface area contributed by atoms with Crippen LogP contribution in [0.15, 0.2) is 256 Å². The molecule has 8 aromatic carbocycles. The number of nitrogens with one attached hydrogen (secondary N) is 8. The molecular formula is C107H122N28O7. The average Bonchev–Trinajstić information content (AvgIpc) is 1.22. The zero-order valence-electron chi connectivity index (χ0n) is 80.9. The van der Waals surface area contributed by atoms with E-state index in [4.69, 9.17) is 16.5 Å². The van der Waals surface area contributed by atoms with Crippen LogP contribution < -0.4 is 73.6 Å². The van der Waals surface area contributed by atoms with Crippen molar-refractivity contribution in [1.29, 1.82) is 0 Å². The maximum Gasteiger partial charge on any atom is 0.239 e. The molecule has 7 amide bonds. The Kier molecular flexibility index (Phi) is 33.1. The molecule has 35 nitrogen and oxygen atoms in total. The molecule has 2 saturated carbocycles. The van der Waals surface area contributed by atoms with E-state index in [0.29, 0.717) is 55.9 Å². The van der Waals surface area contributed by atoms with Gasteiger partial charge in [0.1, 0.15) is 5.82 Å². The van der Waals surface area contributed by atoms with Crippen LogP contribution in [0.3, 0.4) is 0 Å². The van der Waals surface area contributed by atoms with Gasteiger partial charge in [-0.1, -0.05) is 61.4 Å². The van der Waals surface area contributed by atoms with Gasteiger partial charge in [-0.2, -0.15) is 0 Å². The van der Waals surface area contributed by atoms with Crippen LogP contribution in [0.2, 0.25) is 0 Å². The second-order valence-electron chi connectivity index (χ2n) is 36.1. The van der Waals surface area contributed by atoms with E-state index >= 15 is 0 Å². The van der Waals surface area contributed by atoms with Gasteiger partial charge in [0.05, 0.1) is 41.4 Å². The summed E-state index contributed by atoms with van der Waals surface area (Å²) in [7, 11) is 2.05. The number of carbonyl (C=O) groups excluding carboxylic acids is 7. The number of anilines is 16. The van der Waals surface area contributed by atoms with Gasteiger partial charge in [-0.15, -0.1) is 0 Å². The third kappa shape index (κ3) is 27.7. The minimum atomic E-state index is -0.458. The Morgan fingerprint density at radius 1 is 0.317 bits per heavy atom. The molecule has 9 heterocycles. The number of imidazole rings is 1. The van der Waals surface area contributed by atoms with E-state index in [1.165, 1.54) is 39.3 Å². The first-order chi connectivity index (χ1) is 68.9. The molecule has 732 valence electrons. The summed E-state index contributed by atoms with van der Waals surface area (Å²) >= 11 is 0. The van der Waals surface area contributed by atoms with Crippen molar-refractivity contribution in [3.63, 3.8) is 0 Å². The van der Waals surface area contributed by atoms with E-state index in [1.807, 2.05) is 187 Å². The zero-order chi connectivity index (χ0) is 99.0. The highest BCUT2D eigenvalue weighted by Gasteiger charge is 2.32. The van der Waals surface area contributed by atoms with Gasteiger partial charge in [-0.25, -0.2) is 44.9 Å². The van der Waals surface area contributed by atoms with Crippen molar-refractivity contribution in [2.75, 3.05) is 167 Å². The van der Waals surface area contributed by atoms with Gasteiger partial charge in [0.2, 0.25) is 65.1 Å². The molecule has 4 aliphatic heterocycles. The Balaban J connectivity index is 0.000000136. The van der Waals surface area contributed by atoms with Crippen molar-refractivity contribution in [3.05, 3.63) is 261 Å². The molecule has 13 aromatic rings. The molecule has 12 N–H and O–H groups in total. The molecule has 5 aromatic heterocycles. The summed E-state index contributed by atoms with van der Waals surface area (Å²) in [5, 5.41) is 24.4. The van der Waals surface area contributed by atoms with E-state index < -0.39 is 12.1 Å². The number of aryl methyl sites for hydroxylation is 1. The highest BCUT2D eigenvalue weighted by atomic mass is 16.2. The van der Waals surface area contributed by atoms with E-state index in [-0.39, 0.29) is 47.3 Å². The Morgan fingerprint density at radius 3 is 0.859 bits per heavy atom. The van der Waals surface area contributed by atoms with Crippen molar-refractivity contribution in [1.82, 2.24) is 69.0 Å². The number of nitrogens with two attached hydrogens (primary N) is 2. The van der Waals surface area contributed by atoms with Crippen molar-refractivity contribution in [3.8, 4) is 45.0 Å². The van der Waals surface area contributed by atoms with Gasteiger partial charge in [-0.05, 0) is 209 Å². The molecule has 2 aliphatic carbocycles. The molecule has 0 spiro atoms. The molecule has 142 heavy (non-hydrogen) atoms. The maximum atomic E-state index is 12.7. The maximum absolute atomic E-state index is 12.7. The van der Waals surface area contributed by atoms with E-state index in [9.17, 15) is 33.6 Å². The number of carbonyl (C=O) groups is 7. The highest BCUT2D eigenvalue weighted by molar-refractivity contribution is 5.95. The van der Waals surface area contributed by atoms with Gasteiger partial charge in [0.25, 0.3) is 0 Å². The lowest BCUT2D eigenvalue weighted by molar-refractivity contribution is -0.135. The minimum Gasteiger partial charge on any atom is -0.369 e. The Labute approximate surface area is 826 Å². The number of aromatic nitrogens is 10. The second kappa shape index (κ2) is 47.5. The molecule has 0 radical (unpaired) electrons. The first-order valence-electron chi connectivity index (χ1n) is 48.4. The Morgan fingerprint density at radius 2 is 0.592 bits per heavy atom. The van der Waals surface area contributed by atoms with Crippen LogP contribution in [-0.4, -0.2) is 227 Å². The quantitative estimate of drug-likeness (QED) is 0.0241. The third-order valence-electron chi connectivity index (χ3n) is 25.4. The van der Waals surface area contributed by atoms with E-state index in [1.54, 1.807) is 38.6 Å². The number of benzene rings is 8. The fourth-order valence-electron chi connectivity index (χ4n) is 17.4. The van der Waals surface area contributed by atoms with Gasteiger partial charge >= 0.3 is 0 Å². The van der Waals surface area contributed by atoms with Gasteiger partial charge in [-0.3, -0.25) is 38.5 Å². The number of hydrogen-bond acceptors (Lipinski definition) is 27. The summed E-state index contributed by atoms with van der Waals surface area (Å²) in [6.45, 7) is 21.9. The van der Waals surface area contributed by atoms with Crippen LogP contribution in [0.25, 0.3) is 45.0 Å². The molecule has 35 heteroatoms. The monoisotopic (exact) mass is 1910 g/mol. The Bertz CT molecular complexity index is 6230. The lowest BCUT2D eigenvalue weighted by Gasteiger charge is -2.37. The zero-order valence-corrected chi connectivity index (χ0v) is 80.9. The van der Waals surface area contributed by atoms with Crippen LogP contribution in [0, 0.1) is 11.8 Å². The number of amides is 7. The van der Waals surface area contributed by atoms with Crippen molar-refractivity contribution in [2.24, 2.45) is 30.4 Å². The highest BCUT2D eigenvalue weighted by Crippen LogP contribution is 2.35. The van der Waals surface area contributed by atoms with Crippen LogP contribution in [0.4, 0.5) is 92.0 Å². The molecule has 0 unspecified atom stereocenters. The van der Waals surface area contributed by atoms with Crippen LogP contribution in [-0.2, 0) is 47.2 Å². The summed E-state index contributed by atoms with van der Waals surface area (Å²) in [4.78, 5) is 140. The third-order valence-corrected chi connectivity index (χ3v) is 25.4. The standard InChI is InChI=1S/C29H32N8O.C28H32N6O2.2C25H29N7O2/c1-35-15-14-30-27(35)20-36-16-18-37(19-17-36)25-10-8-24(9-11-25)33-29-31-13-12-26(34-29)21-4-6-23(7-5-21)32-28(38)22-2-3-22;1-20(35)30-23-8-6-21(7-9-23)26-14-15-29-28(32-26)31-24-10-12-25(13-11-24)33-16-18-34(19-17-33)27(36)22-4-2-3-5-22;2*1-17(26)24(34)32-15-13-31(14-16-32)22-9-7-21(8-10-22)29-25-27-12-11-23(30-25)19-3-5-20(6-4-19)28-18(2)33/h4-15,22H,2-3,16-20H2,1H3,(H,32,38)(H,31,33,34);6-15,22H,2-5,16-19H2,1H3,(H,30,35)(H,29,31,32);2*3-12,17H,13-16,26H2,1-2H3,(H,28,33)(H,27,29,30)/t;;2*17-/m..10/s1. The fourth-order valence-corrected chi connectivity index (χ4v) is 17.4. The number of rotatable bonds is 26. The number of hydrogen-bond donors (Lipinski definition) is 10. The van der Waals surface area contributed by atoms with Crippen LogP contribution in [0.5, 0.6) is 0 Å². The van der Waals surface area contributed by atoms with Crippen molar-refractivity contribution in [2.45, 2.75) is 91.8 Å². The van der Waals surface area contributed by atoms with Gasteiger partial charge in [0.15, 0.2) is 0 Å². The predicted octanol–water partition coefficient (Wildman–Crippen LogP) is 14.7. The van der Waals surface area contributed by atoms with E-state index in [2.05, 4.69) is 177 Å². The molecule has 6 aliphatic rings. The van der Waals surface area contributed by atoms with Crippen molar-refractivity contribution < 1.29 is 33.6 Å². The summed E-state index contributed by atoms with van der Waals surface area (Å²) in [5.74, 6) is 3.78. The van der Waals surface area contributed by atoms with Crippen molar-refractivity contribution >= 4 is 133 Å². The molecule has 19 rings (SSSR count). The van der Waals surface area contributed by atoms with Crippen LogP contribution in [0.1, 0.15) is 79.0 Å². The summed E-state index contributed by atoms with van der Waals surface area (Å²) in [5.41, 5.74) is 29.6. The first-order valence-corrected chi connectivity index (χ1v) is 48.4. The van der Waals surface area contributed by atoms with E-state index in [0.717, 1.165) is 224 Å². The van der Waals surface area contributed by atoms with Gasteiger partial charge < -0.3 is 92.9 Å². The number of piperazine rings is 4. The Hall–Kier alpha value is -16.1. The average molecular weight is 1910 g/mol. The summed E-state index contributed by atoms with van der Waals surface area (Å²) < 4.78 is 2.09. The van der Waals surface area contributed by atoms with Crippen LogP contribution >= 0.6 is 0 Å². The largest absolute Gasteiger partial charge is 0.369 e. The molecule has 0 bridgehead atoms. The number of nitrogens with zero attached hydrogens (tertiary/aromatic N) is 18. The molecule has 4 saturated heterocycles. The predicted molar refractivity (Wildman–Crippen MR) is 559 cm³/mol. The lowest BCUT2D eigenvalue weighted by atomic mass is 10.1. The van der Waals surface area contributed by atoms with Gasteiger partial charge in [0, 0.05) is 272 Å². The fraction of sp³-hybridized carbons (Fsp3) is 0.308. The first kappa shape index (κ1) is 98.9. The summed E-state index contributed by atoms with van der Waals surface area (Å²) in [6, 6.07) is 69.8. The summed E-state index contributed by atoms with van der Waals surface area (Å²) in [6.07, 6.45) is 17.3.